The molecule has 1 fully saturated rings. The molecule has 0 bridgehead atoms. The summed E-state index contributed by atoms with van der Waals surface area (Å²) in [6, 6.07) is 0.623. The van der Waals surface area contributed by atoms with Gasteiger partial charge in [0, 0.05) is 12.6 Å². The standard InChI is InChI=1S/C10H21NO/c1-9(2)4-5-11-6-7-12-8-10(11)3/h9-10H,4-8H2,1-3H3. The van der Waals surface area contributed by atoms with Gasteiger partial charge >= 0.3 is 0 Å². The molecule has 0 radical (unpaired) electrons. The van der Waals surface area contributed by atoms with E-state index in [1.807, 2.05) is 0 Å². The first-order valence-electron chi connectivity index (χ1n) is 5.02. The molecular weight excluding hydrogens is 150 g/mol. The first-order valence-corrected chi connectivity index (χ1v) is 5.02. The molecule has 0 aromatic heterocycles. The molecule has 12 heavy (non-hydrogen) atoms. The summed E-state index contributed by atoms with van der Waals surface area (Å²) in [6.07, 6.45) is 1.31. The molecule has 72 valence electrons. The Morgan fingerprint density at radius 3 is 2.83 bits per heavy atom. The molecule has 1 atom stereocenters. The topological polar surface area (TPSA) is 12.5 Å². The van der Waals surface area contributed by atoms with E-state index in [0.29, 0.717) is 6.04 Å². The number of hydrogen-bond donors (Lipinski definition) is 0. The molecule has 1 unspecified atom stereocenters. The monoisotopic (exact) mass is 171 g/mol. The Morgan fingerprint density at radius 1 is 1.50 bits per heavy atom. The molecule has 0 aliphatic carbocycles. The van der Waals surface area contributed by atoms with Crippen LogP contribution in [0.5, 0.6) is 0 Å². The van der Waals surface area contributed by atoms with Crippen LogP contribution in [0.2, 0.25) is 0 Å². The highest BCUT2D eigenvalue weighted by molar-refractivity contribution is 4.70. The van der Waals surface area contributed by atoms with Crippen molar-refractivity contribution in [2.24, 2.45) is 5.92 Å². The van der Waals surface area contributed by atoms with Crippen molar-refractivity contribution in [3.63, 3.8) is 0 Å². The fourth-order valence-corrected chi connectivity index (χ4v) is 1.52. The molecule has 0 aromatic rings. The van der Waals surface area contributed by atoms with Gasteiger partial charge in [0.15, 0.2) is 0 Å². The molecule has 0 aromatic carbocycles. The van der Waals surface area contributed by atoms with Crippen molar-refractivity contribution < 1.29 is 4.74 Å². The summed E-state index contributed by atoms with van der Waals surface area (Å²) in [5.41, 5.74) is 0. The molecule has 1 heterocycles. The van der Waals surface area contributed by atoms with Gasteiger partial charge in [0.25, 0.3) is 0 Å². The van der Waals surface area contributed by atoms with Crippen molar-refractivity contribution in [3.05, 3.63) is 0 Å². The van der Waals surface area contributed by atoms with Crippen molar-refractivity contribution in [2.45, 2.75) is 33.2 Å². The predicted octanol–water partition coefficient (Wildman–Crippen LogP) is 1.75. The fourth-order valence-electron chi connectivity index (χ4n) is 1.52. The van der Waals surface area contributed by atoms with Crippen molar-refractivity contribution in [1.29, 1.82) is 0 Å². The number of rotatable bonds is 3. The van der Waals surface area contributed by atoms with Crippen molar-refractivity contribution in [3.8, 4) is 0 Å². The van der Waals surface area contributed by atoms with Gasteiger partial charge in [-0.05, 0) is 25.8 Å². The van der Waals surface area contributed by atoms with Gasteiger partial charge in [0.2, 0.25) is 0 Å². The number of morpholine rings is 1. The summed E-state index contributed by atoms with van der Waals surface area (Å²) in [6.45, 7) is 11.0. The van der Waals surface area contributed by atoms with Gasteiger partial charge in [0.05, 0.1) is 13.2 Å². The van der Waals surface area contributed by atoms with Crippen LogP contribution in [0.15, 0.2) is 0 Å². The van der Waals surface area contributed by atoms with Crippen LogP contribution in [0.3, 0.4) is 0 Å². The van der Waals surface area contributed by atoms with E-state index in [1.165, 1.54) is 13.0 Å². The number of nitrogens with zero attached hydrogens (tertiary/aromatic N) is 1. The van der Waals surface area contributed by atoms with Gasteiger partial charge in [-0.1, -0.05) is 13.8 Å². The summed E-state index contributed by atoms with van der Waals surface area (Å²) < 4.78 is 5.38. The van der Waals surface area contributed by atoms with Crippen LogP contribution in [-0.2, 0) is 4.74 Å². The molecule has 0 saturated carbocycles. The predicted molar refractivity (Wildman–Crippen MR) is 51.3 cm³/mol. The van der Waals surface area contributed by atoms with Gasteiger partial charge in [-0.15, -0.1) is 0 Å². The van der Waals surface area contributed by atoms with Crippen molar-refractivity contribution in [2.75, 3.05) is 26.3 Å². The van der Waals surface area contributed by atoms with E-state index in [4.69, 9.17) is 4.74 Å². The fraction of sp³-hybridized carbons (Fsp3) is 1.00. The second-order valence-electron chi connectivity index (χ2n) is 4.14. The van der Waals surface area contributed by atoms with Crippen LogP contribution in [-0.4, -0.2) is 37.2 Å². The summed E-state index contributed by atoms with van der Waals surface area (Å²) in [5, 5.41) is 0. The number of hydrogen-bond acceptors (Lipinski definition) is 2. The lowest BCUT2D eigenvalue weighted by Gasteiger charge is -2.33. The average Bonchev–Trinajstić information content (AvgIpc) is 2.03. The van der Waals surface area contributed by atoms with Crippen LogP contribution >= 0.6 is 0 Å². The second-order valence-corrected chi connectivity index (χ2v) is 4.14. The number of ether oxygens (including phenoxy) is 1. The Hall–Kier alpha value is -0.0800. The van der Waals surface area contributed by atoms with Gasteiger partial charge in [-0.3, -0.25) is 4.90 Å². The molecule has 1 saturated heterocycles. The van der Waals surface area contributed by atoms with Crippen LogP contribution in [0.25, 0.3) is 0 Å². The summed E-state index contributed by atoms with van der Waals surface area (Å²) >= 11 is 0. The third-order valence-electron chi connectivity index (χ3n) is 2.50. The summed E-state index contributed by atoms with van der Waals surface area (Å²) in [4.78, 5) is 2.53. The van der Waals surface area contributed by atoms with E-state index in [0.717, 1.165) is 25.7 Å². The Morgan fingerprint density at radius 2 is 2.25 bits per heavy atom. The first kappa shape index (κ1) is 10.0. The van der Waals surface area contributed by atoms with Crippen LogP contribution < -0.4 is 0 Å². The quantitative estimate of drug-likeness (QED) is 0.641. The molecule has 0 spiro atoms. The lowest BCUT2D eigenvalue weighted by Crippen LogP contribution is -2.44. The van der Waals surface area contributed by atoms with E-state index in [9.17, 15) is 0 Å². The molecule has 2 heteroatoms. The maximum atomic E-state index is 5.38. The smallest absolute Gasteiger partial charge is 0.0619 e. The maximum Gasteiger partial charge on any atom is 0.0619 e. The van der Waals surface area contributed by atoms with E-state index >= 15 is 0 Å². The van der Waals surface area contributed by atoms with Crippen molar-refractivity contribution >= 4 is 0 Å². The SMILES string of the molecule is CC(C)CCN1CCOCC1C. The highest BCUT2D eigenvalue weighted by atomic mass is 16.5. The average molecular weight is 171 g/mol. The third kappa shape index (κ3) is 3.11. The van der Waals surface area contributed by atoms with Gasteiger partial charge in [-0.25, -0.2) is 0 Å². The molecule has 2 nitrogen and oxygen atoms in total. The minimum Gasteiger partial charge on any atom is -0.379 e. The van der Waals surface area contributed by atoms with E-state index < -0.39 is 0 Å². The molecule has 0 N–H and O–H groups in total. The highest BCUT2D eigenvalue weighted by Gasteiger charge is 2.17. The normalized spacial score (nSPS) is 26.5. The minimum atomic E-state index is 0.623. The van der Waals surface area contributed by atoms with E-state index in [-0.39, 0.29) is 0 Å². The maximum absolute atomic E-state index is 5.38. The molecule has 0 amide bonds. The lowest BCUT2D eigenvalue weighted by atomic mass is 10.1. The van der Waals surface area contributed by atoms with E-state index in [1.54, 1.807) is 0 Å². The zero-order chi connectivity index (χ0) is 8.97. The third-order valence-corrected chi connectivity index (χ3v) is 2.50. The Kier molecular flexibility index (Phi) is 4.02. The molecular formula is C10H21NO. The van der Waals surface area contributed by atoms with E-state index in [2.05, 4.69) is 25.7 Å². The van der Waals surface area contributed by atoms with Gasteiger partial charge in [-0.2, -0.15) is 0 Å². The van der Waals surface area contributed by atoms with Crippen LogP contribution in [0, 0.1) is 5.92 Å². The highest BCUT2D eigenvalue weighted by Crippen LogP contribution is 2.09. The van der Waals surface area contributed by atoms with Crippen LogP contribution in [0.1, 0.15) is 27.2 Å². The van der Waals surface area contributed by atoms with Gasteiger partial charge < -0.3 is 4.74 Å². The molecule has 1 aliphatic rings. The Bertz CT molecular complexity index is 125. The summed E-state index contributed by atoms with van der Waals surface area (Å²) in [7, 11) is 0. The molecule has 1 aliphatic heterocycles. The first-order chi connectivity index (χ1) is 5.70. The zero-order valence-electron chi connectivity index (χ0n) is 8.55. The minimum absolute atomic E-state index is 0.623. The lowest BCUT2D eigenvalue weighted by molar-refractivity contribution is -0.00200. The Balaban J connectivity index is 2.20. The second kappa shape index (κ2) is 4.83. The van der Waals surface area contributed by atoms with Gasteiger partial charge in [0.1, 0.15) is 0 Å². The molecule has 1 rings (SSSR count). The largest absolute Gasteiger partial charge is 0.379 e. The zero-order valence-corrected chi connectivity index (χ0v) is 8.55. The van der Waals surface area contributed by atoms with Crippen molar-refractivity contribution in [1.82, 2.24) is 4.90 Å². The van der Waals surface area contributed by atoms with Crippen LogP contribution in [0.4, 0.5) is 0 Å². The Labute approximate surface area is 75.9 Å². The summed E-state index contributed by atoms with van der Waals surface area (Å²) in [5.74, 6) is 0.819.